The van der Waals surface area contributed by atoms with Gasteiger partial charge in [0.05, 0.1) is 23.7 Å². The minimum atomic E-state index is -0.545. The molecule has 1 amide bonds. The number of H-pyrrole nitrogens is 2. The number of imidazole rings is 1. The molecule has 0 aliphatic carbocycles. The molecule has 1 heterocycles. The molecule has 1 aromatic heterocycles. The average molecular weight is 390 g/mol. The second kappa shape index (κ2) is 8.48. The quantitative estimate of drug-likeness (QED) is 0.517. The number of carbonyl (C=O) groups is 1. The molecule has 0 aliphatic heterocycles. The van der Waals surface area contributed by atoms with Gasteiger partial charge in [0.25, 0.3) is 0 Å². The van der Waals surface area contributed by atoms with E-state index in [2.05, 4.69) is 21.4 Å². The van der Waals surface area contributed by atoms with E-state index in [1.165, 1.54) is 0 Å². The number of aromatic nitrogens is 2. The van der Waals surface area contributed by atoms with E-state index in [0.717, 1.165) is 22.3 Å². The number of aryl methyl sites for hydroxylation is 1. The molecular formula is C22H22N4O3. The first-order chi connectivity index (χ1) is 13.9. The smallest absolute Gasteiger partial charge is 0.325 e. The van der Waals surface area contributed by atoms with E-state index < -0.39 is 5.69 Å². The van der Waals surface area contributed by atoms with Crippen molar-refractivity contribution in [3.8, 4) is 23.1 Å². The van der Waals surface area contributed by atoms with Crippen molar-refractivity contribution in [3.05, 3.63) is 75.3 Å². The van der Waals surface area contributed by atoms with Crippen molar-refractivity contribution in [2.75, 3.05) is 6.54 Å². The zero-order chi connectivity index (χ0) is 21.0. The first-order valence-corrected chi connectivity index (χ1v) is 9.25. The molecule has 29 heavy (non-hydrogen) atoms. The Bertz CT molecular complexity index is 1120. The molecule has 0 saturated carbocycles. The maximum absolute atomic E-state index is 12.1. The highest BCUT2D eigenvalue weighted by molar-refractivity contribution is 5.78. The van der Waals surface area contributed by atoms with Gasteiger partial charge in [-0.3, -0.25) is 9.78 Å². The largest absolute Gasteiger partial charge is 0.493 e. The third-order valence-corrected chi connectivity index (χ3v) is 4.88. The van der Waals surface area contributed by atoms with Crippen LogP contribution in [0.5, 0.6) is 5.88 Å². The molecule has 2 aromatic carbocycles. The number of benzene rings is 2. The summed E-state index contributed by atoms with van der Waals surface area (Å²) in [5, 5.41) is 21.4. The van der Waals surface area contributed by atoms with Gasteiger partial charge < -0.3 is 15.4 Å². The number of nitrogens with one attached hydrogen (secondary N) is 3. The van der Waals surface area contributed by atoms with Crippen LogP contribution in [0, 0.1) is 18.3 Å². The van der Waals surface area contributed by atoms with Gasteiger partial charge in [0, 0.05) is 6.54 Å². The van der Waals surface area contributed by atoms with Crippen LogP contribution < -0.4 is 11.0 Å². The van der Waals surface area contributed by atoms with Gasteiger partial charge in [-0.15, -0.1) is 0 Å². The summed E-state index contributed by atoms with van der Waals surface area (Å²) in [4.78, 5) is 27.7. The average Bonchev–Trinajstić information content (AvgIpc) is 3.02. The Hall–Kier alpha value is -3.79. The van der Waals surface area contributed by atoms with Crippen LogP contribution in [0.15, 0.2) is 47.3 Å². The number of hydrogen-bond acceptors (Lipinski definition) is 4. The number of carbonyl (C=O) groups excluding carboxylic acids is 1. The highest BCUT2D eigenvalue weighted by Gasteiger charge is 2.13. The van der Waals surface area contributed by atoms with Crippen LogP contribution in [0.1, 0.15) is 35.2 Å². The molecule has 7 heteroatoms. The minimum Gasteiger partial charge on any atom is -0.493 e. The molecule has 3 rings (SSSR count). The van der Waals surface area contributed by atoms with E-state index in [1.54, 1.807) is 0 Å². The van der Waals surface area contributed by atoms with Gasteiger partial charge in [0.1, 0.15) is 0 Å². The Morgan fingerprint density at radius 1 is 1.17 bits per heavy atom. The van der Waals surface area contributed by atoms with Gasteiger partial charge in [-0.25, -0.2) is 4.79 Å². The van der Waals surface area contributed by atoms with Crippen molar-refractivity contribution in [1.29, 1.82) is 5.26 Å². The van der Waals surface area contributed by atoms with E-state index >= 15 is 0 Å². The number of nitrogens with zero attached hydrogens (tertiary/aromatic N) is 1. The van der Waals surface area contributed by atoms with Gasteiger partial charge in [0.15, 0.2) is 0 Å². The van der Waals surface area contributed by atoms with Gasteiger partial charge in [-0.2, -0.15) is 5.26 Å². The second-order valence-corrected chi connectivity index (χ2v) is 7.05. The maximum Gasteiger partial charge on any atom is 0.325 e. The molecule has 0 aliphatic rings. The number of nitriles is 1. The van der Waals surface area contributed by atoms with E-state index in [9.17, 15) is 14.7 Å². The van der Waals surface area contributed by atoms with Crippen LogP contribution in [0.4, 0.5) is 0 Å². The lowest BCUT2D eigenvalue weighted by Crippen LogP contribution is -2.29. The van der Waals surface area contributed by atoms with Gasteiger partial charge in [0.2, 0.25) is 11.8 Å². The summed E-state index contributed by atoms with van der Waals surface area (Å²) in [6.07, 6.45) is -0.103. The fraction of sp³-hybridized carbons (Fsp3) is 0.227. The normalized spacial score (nSPS) is 11.6. The molecule has 0 spiro atoms. The van der Waals surface area contributed by atoms with Crippen molar-refractivity contribution in [1.82, 2.24) is 15.3 Å². The monoisotopic (exact) mass is 390 g/mol. The maximum atomic E-state index is 12.1. The summed E-state index contributed by atoms with van der Waals surface area (Å²) >= 11 is 0. The van der Waals surface area contributed by atoms with Crippen molar-refractivity contribution in [2.24, 2.45) is 0 Å². The lowest BCUT2D eigenvalue weighted by molar-refractivity contribution is -0.120. The van der Waals surface area contributed by atoms with Crippen LogP contribution >= 0.6 is 0 Å². The number of amides is 1. The molecule has 0 radical (unpaired) electrons. The topological polar surface area (TPSA) is 122 Å². The van der Waals surface area contributed by atoms with Crippen LogP contribution in [0.3, 0.4) is 0 Å². The number of aromatic amines is 2. The fourth-order valence-corrected chi connectivity index (χ4v) is 3.12. The first kappa shape index (κ1) is 20.0. The minimum absolute atomic E-state index is 0.0922. The number of aromatic hydroxyl groups is 1. The predicted octanol–water partition coefficient (Wildman–Crippen LogP) is 2.72. The molecule has 4 N–H and O–H groups in total. The van der Waals surface area contributed by atoms with Gasteiger partial charge >= 0.3 is 5.69 Å². The second-order valence-electron chi connectivity index (χ2n) is 7.05. The number of rotatable bonds is 6. The summed E-state index contributed by atoms with van der Waals surface area (Å²) in [6, 6.07) is 16.0. The molecular weight excluding hydrogens is 368 g/mol. The SMILES string of the molecule is Cc1cc(-c2ccc(C(C)CNC(=O)Cc3[nH]c(=O)[nH]c3O)cc2)ccc1C#N. The van der Waals surface area contributed by atoms with Gasteiger partial charge in [-0.05, 0) is 41.2 Å². The third kappa shape index (κ3) is 4.74. The summed E-state index contributed by atoms with van der Waals surface area (Å²) in [5.41, 5.74) is 4.43. The zero-order valence-electron chi connectivity index (χ0n) is 16.2. The molecule has 0 bridgehead atoms. The third-order valence-electron chi connectivity index (χ3n) is 4.88. The lowest BCUT2D eigenvalue weighted by atomic mass is 9.96. The molecule has 3 aromatic rings. The van der Waals surface area contributed by atoms with E-state index in [1.807, 2.05) is 56.3 Å². The predicted molar refractivity (Wildman–Crippen MR) is 110 cm³/mol. The highest BCUT2D eigenvalue weighted by Crippen LogP contribution is 2.24. The van der Waals surface area contributed by atoms with E-state index in [4.69, 9.17) is 5.26 Å². The summed E-state index contributed by atoms with van der Waals surface area (Å²) in [5.74, 6) is -0.506. The zero-order valence-corrected chi connectivity index (χ0v) is 16.2. The standard InChI is InChI=1S/C22H22N4O3/c1-13-9-17(7-8-18(13)11-23)16-5-3-15(4-6-16)14(2)12-24-20(27)10-19-21(28)26-22(29)25-19/h3-9,14,28H,10,12H2,1-2H3,(H,24,27)(H2,25,26,29). The molecule has 1 unspecified atom stereocenters. The number of hydrogen-bond donors (Lipinski definition) is 4. The Morgan fingerprint density at radius 2 is 1.86 bits per heavy atom. The van der Waals surface area contributed by atoms with Crippen LogP contribution in [-0.4, -0.2) is 27.5 Å². The Kier molecular flexibility index (Phi) is 5.84. The Morgan fingerprint density at radius 3 is 2.45 bits per heavy atom. The highest BCUT2D eigenvalue weighted by atomic mass is 16.3. The van der Waals surface area contributed by atoms with Crippen molar-refractivity contribution >= 4 is 5.91 Å². The first-order valence-electron chi connectivity index (χ1n) is 9.25. The Balaban J connectivity index is 1.60. The summed E-state index contributed by atoms with van der Waals surface area (Å²) in [7, 11) is 0. The lowest BCUT2D eigenvalue weighted by Gasteiger charge is -2.14. The molecule has 148 valence electrons. The Labute approximate surface area is 168 Å². The molecule has 7 nitrogen and oxygen atoms in total. The summed E-state index contributed by atoms with van der Waals surface area (Å²) < 4.78 is 0. The van der Waals surface area contributed by atoms with Crippen molar-refractivity contribution in [3.63, 3.8) is 0 Å². The van der Waals surface area contributed by atoms with Crippen LogP contribution in [-0.2, 0) is 11.2 Å². The molecule has 0 saturated heterocycles. The molecule has 0 fully saturated rings. The van der Waals surface area contributed by atoms with E-state index in [-0.39, 0.29) is 29.8 Å². The van der Waals surface area contributed by atoms with Crippen LogP contribution in [0.2, 0.25) is 0 Å². The van der Waals surface area contributed by atoms with Crippen LogP contribution in [0.25, 0.3) is 11.1 Å². The van der Waals surface area contributed by atoms with Crippen molar-refractivity contribution < 1.29 is 9.90 Å². The van der Waals surface area contributed by atoms with E-state index in [0.29, 0.717) is 12.1 Å². The molecule has 1 atom stereocenters. The fourth-order valence-electron chi connectivity index (χ4n) is 3.12. The van der Waals surface area contributed by atoms with Gasteiger partial charge in [-0.1, -0.05) is 43.3 Å². The van der Waals surface area contributed by atoms with Crippen molar-refractivity contribution in [2.45, 2.75) is 26.2 Å². The summed E-state index contributed by atoms with van der Waals surface area (Å²) in [6.45, 7) is 4.37.